The van der Waals surface area contributed by atoms with E-state index in [1.54, 1.807) is 24.3 Å². The number of anilines is 1. The number of carbonyl (C=O) groups is 3. The first-order chi connectivity index (χ1) is 16.4. The molecule has 5 nitrogen and oxygen atoms in total. The van der Waals surface area contributed by atoms with E-state index in [2.05, 4.69) is 0 Å². The van der Waals surface area contributed by atoms with Crippen LogP contribution in [-0.2, 0) is 14.4 Å². The number of aryl methyl sites for hydroxylation is 1. The average Bonchev–Trinajstić information content (AvgIpc) is 3.10. The van der Waals surface area contributed by atoms with Gasteiger partial charge in [0.1, 0.15) is 5.75 Å². The van der Waals surface area contributed by atoms with Gasteiger partial charge in [0.2, 0.25) is 11.8 Å². The lowest BCUT2D eigenvalue weighted by molar-refractivity contribution is -0.142. The lowest BCUT2D eigenvalue weighted by Gasteiger charge is -2.38. The number of hydrogen-bond acceptors (Lipinski definition) is 4. The monoisotopic (exact) mass is 469 g/mol. The van der Waals surface area contributed by atoms with E-state index in [0.29, 0.717) is 16.5 Å². The Labute approximate surface area is 201 Å². The smallest absolute Gasteiger partial charge is 0.319 e. The van der Waals surface area contributed by atoms with E-state index in [1.165, 1.54) is 4.90 Å². The Morgan fingerprint density at radius 3 is 2.29 bits per heavy atom. The molecule has 6 heteroatoms. The second kappa shape index (κ2) is 7.67. The Bertz CT molecular complexity index is 1380. The van der Waals surface area contributed by atoms with E-state index in [-0.39, 0.29) is 17.7 Å². The number of hydrogen-bond donors (Lipinski definition) is 0. The van der Waals surface area contributed by atoms with Crippen molar-refractivity contribution in [3.63, 3.8) is 0 Å². The van der Waals surface area contributed by atoms with Crippen molar-refractivity contribution < 1.29 is 19.1 Å². The van der Waals surface area contributed by atoms with Gasteiger partial charge >= 0.3 is 5.97 Å². The summed E-state index contributed by atoms with van der Waals surface area (Å²) in [7, 11) is 0. The van der Waals surface area contributed by atoms with Gasteiger partial charge in [-0.2, -0.15) is 0 Å². The zero-order chi connectivity index (χ0) is 23.6. The number of imide groups is 1. The maximum absolute atomic E-state index is 13.8. The number of allylic oxidation sites excluding steroid dienone is 1. The van der Waals surface area contributed by atoms with Crippen LogP contribution in [0.15, 0.2) is 78.9 Å². The largest absolute Gasteiger partial charge is 0.425 e. The first kappa shape index (κ1) is 20.9. The second-order valence-electron chi connectivity index (χ2n) is 9.00. The average molecular weight is 470 g/mol. The number of halogens is 1. The van der Waals surface area contributed by atoms with Gasteiger partial charge in [0.05, 0.1) is 23.4 Å². The third-order valence-corrected chi connectivity index (χ3v) is 7.27. The summed E-state index contributed by atoms with van der Waals surface area (Å²) in [6, 6.07) is 22.0. The van der Waals surface area contributed by atoms with Crippen molar-refractivity contribution >= 4 is 40.6 Å². The summed E-state index contributed by atoms with van der Waals surface area (Å²) in [4.78, 5) is 42.1. The lowest BCUT2D eigenvalue weighted by atomic mass is 9.64. The first-order valence-electron chi connectivity index (χ1n) is 11.2. The number of ether oxygens (including phenoxy) is 1. The summed E-state index contributed by atoms with van der Waals surface area (Å²) in [6.45, 7) is 1.93. The van der Waals surface area contributed by atoms with Gasteiger partial charge in [-0.1, -0.05) is 60.1 Å². The molecule has 1 fully saturated rings. The molecule has 1 saturated heterocycles. The van der Waals surface area contributed by atoms with E-state index in [4.69, 9.17) is 16.3 Å². The molecule has 0 bridgehead atoms. The van der Waals surface area contributed by atoms with Gasteiger partial charge in [0, 0.05) is 16.5 Å². The predicted molar refractivity (Wildman–Crippen MR) is 128 cm³/mol. The van der Waals surface area contributed by atoms with Gasteiger partial charge in [-0.3, -0.25) is 14.4 Å². The molecule has 2 amide bonds. The number of fused-ring (bicyclic) bond motifs is 5. The molecule has 6 rings (SSSR count). The third-order valence-electron chi connectivity index (χ3n) is 7.02. The highest BCUT2D eigenvalue weighted by Crippen LogP contribution is 2.54. The minimum Gasteiger partial charge on any atom is -0.425 e. The maximum Gasteiger partial charge on any atom is 0.319 e. The molecule has 3 aromatic carbocycles. The van der Waals surface area contributed by atoms with Gasteiger partial charge < -0.3 is 4.74 Å². The lowest BCUT2D eigenvalue weighted by Crippen LogP contribution is -2.42. The summed E-state index contributed by atoms with van der Waals surface area (Å²) in [5.41, 5.74) is 3.89. The molecule has 0 aromatic heterocycles. The zero-order valence-electron chi connectivity index (χ0n) is 18.3. The highest BCUT2D eigenvalue weighted by molar-refractivity contribution is 6.31. The molecule has 4 atom stereocenters. The number of rotatable bonds is 2. The van der Waals surface area contributed by atoms with Crippen molar-refractivity contribution in [3.05, 3.63) is 101 Å². The van der Waals surface area contributed by atoms with E-state index in [1.807, 2.05) is 61.5 Å². The molecule has 1 aliphatic carbocycles. The van der Waals surface area contributed by atoms with E-state index >= 15 is 0 Å². The Morgan fingerprint density at radius 2 is 1.56 bits per heavy atom. The van der Waals surface area contributed by atoms with E-state index in [9.17, 15) is 14.4 Å². The van der Waals surface area contributed by atoms with Crippen LogP contribution >= 0.6 is 11.6 Å². The number of nitrogens with zero attached hydrogens (tertiary/aromatic N) is 1. The van der Waals surface area contributed by atoms with Gasteiger partial charge in [-0.05, 0) is 54.0 Å². The van der Waals surface area contributed by atoms with Crippen LogP contribution in [0.4, 0.5) is 5.69 Å². The molecule has 2 heterocycles. The molecule has 0 radical (unpaired) electrons. The van der Waals surface area contributed by atoms with Crippen LogP contribution < -0.4 is 9.64 Å². The van der Waals surface area contributed by atoms with Crippen LogP contribution in [0.25, 0.3) is 5.57 Å². The van der Waals surface area contributed by atoms with Crippen molar-refractivity contribution in [2.45, 2.75) is 12.8 Å². The number of esters is 1. The Kier molecular flexibility index (Phi) is 4.71. The fourth-order valence-corrected chi connectivity index (χ4v) is 5.64. The Balaban J connectivity index is 1.55. The van der Waals surface area contributed by atoms with Crippen molar-refractivity contribution in [1.29, 1.82) is 0 Å². The summed E-state index contributed by atoms with van der Waals surface area (Å²) in [6.07, 6.45) is 1.99. The molecule has 34 heavy (non-hydrogen) atoms. The Hall–Kier alpha value is -3.70. The molecule has 0 unspecified atom stereocenters. The number of carbonyl (C=O) groups excluding carboxylic acids is 3. The summed E-state index contributed by atoms with van der Waals surface area (Å²) in [5.74, 6) is -3.46. The maximum atomic E-state index is 13.8. The molecule has 3 aliphatic rings. The third kappa shape index (κ3) is 3.04. The number of benzene rings is 3. The van der Waals surface area contributed by atoms with Gasteiger partial charge in [0.15, 0.2) is 0 Å². The minimum atomic E-state index is -0.852. The van der Waals surface area contributed by atoms with Crippen molar-refractivity contribution in [3.8, 4) is 5.75 Å². The van der Waals surface area contributed by atoms with Gasteiger partial charge in [-0.15, -0.1) is 0 Å². The van der Waals surface area contributed by atoms with Crippen molar-refractivity contribution in [1.82, 2.24) is 0 Å². The van der Waals surface area contributed by atoms with Crippen molar-refractivity contribution in [2.24, 2.45) is 17.8 Å². The highest BCUT2D eigenvalue weighted by Gasteiger charge is 2.60. The van der Waals surface area contributed by atoms with E-state index < -0.39 is 23.7 Å². The standard InChI is InChI=1S/C28H20ClNO4/c1-15-7-12-19-21-14-20(16-5-3-2-4-6-16)23-25(24(21)28(33)34-22(19)13-15)27(32)30(26(23)31)18-10-8-17(29)9-11-18/h2-14,20,23-25H,1H3/t20-,23-,24-,25+/m1/s1. The molecule has 3 aromatic rings. The van der Waals surface area contributed by atoms with Crippen LogP contribution in [0.3, 0.4) is 0 Å². The summed E-state index contributed by atoms with van der Waals surface area (Å²) < 4.78 is 5.69. The molecular weight excluding hydrogens is 450 g/mol. The van der Waals surface area contributed by atoms with Crippen molar-refractivity contribution in [2.75, 3.05) is 4.90 Å². The number of amides is 2. The zero-order valence-corrected chi connectivity index (χ0v) is 19.0. The molecule has 0 saturated carbocycles. The molecule has 0 N–H and O–H groups in total. The second-order valence-corrected chi connectivity index (χ2v) is 9.43. The fraction of sp³-hybridized carbons (Fsp3) is 0.179. The molecule has 0 spiro atoms. The van der Waals surface area contributed by atoms with Crippen LogP contribution in [0.1, 0.15) is 22.6 Å². The Morgan fingerprint density at radius 1 is 0.853 bits per heavy atom. The summed E-state index contributed by atoms with van der Waals surface area (Å²) >= 11 is 6.03. The minimum absolute atomic E-state index is 0.316. The normalized spacial score (nSPS) is 25.3. The highest BCUT2D eigenvalue weighted by atomic mass is 35.5. The van der Waals surface area contributed by atoms with E-state index in [0.717, 1.165) is 22.3 Å². The van der Waals surface area contributed by atoms with Crippen LogP contribution in [0.5, 0.6) is 5.75 Å². The predicted octanol–water partition coefficient (Wildman–Crippen LogP) is 5.17. The van der Waals surface area contributed by atoms with Crippen LogP contribution in [0, 0.1) is 24.7 Å². The SMILES string of the molecule is Cc1ccc2c(c1)OC(=O)[C@@H]1C2=C[C@H](c2ccccc2)[C@H]2C(=O)N(c3ccc(Cl)cc3)C(=O)[C@H]12. The first-order valence-corrected chi connectivity index (χ1v) is 11.5. The summed E-state index contributed by atoms with van der Waals surface area (Å²) in [5, 5.41) is 0.508. The molecular formula is C28H20ClNO4. The quantitative estimate of drug-likeness (QED) is 0.295. The van der Waals surface area contributed by atoms with Crippen LogP contribution in [-0.4, -0.2) is 17.8 Å². The molecule has 168 valence electrons. The fourth-order valence-electron chi connectivity index (χ4n) is 5.51. The topological polar surface area (TPSA) is 63.7 Å². The van der Waals surface area contributed by atoms with Gasteiger partial charge in [-0.25, -0.2) is 4.90 Å². The van der Waals surface area contributed by atoms with Gasteiger partial charge in [0.25, 0.3) is 0 Å². The molecule has 2 aliphatic heterocycles. The van der Waals surface area contributed by atoms with Crippen LogP contribution in [0.2, 0.25) is 5.02 Å².